The number of rotatable bonds is 8. The number of hydrogen-bond acceptors (Lipinski definition) is 6. The van der Waals surface area contributed by atoms with E-state index in [9.17, 15) is 4.79 Å². The van der Waals surface area contributed by atoms with Gasteiger partial charge in [0.25, 0.3) is 5.91 Å². The highest BCUT2D eigenvalue weighted by molar-refractivity contribution is 7.99. The molecule has 0 N–H and O–H groups in total. The van der Waals surface area contributed by atoms with Crippen LogP contribution in [0.25, 0.3) is 0 Å². The monoisotopic (exact) mass is 450 g/mol. The molecule has 0 spiro atoms. The predicted molar refractivity (Wildman–Crippen MR) is 126 cm³/mol. The van der Waals surface area contributed by atoms with Crippen molar-refractivity contribution in [1.82, 2.24) is 14.8 Å². The molecule has 1 aliphatic rings. The van der Waals surface area contributed by atoms with Crippen LogP contribution in [-0.4, -0.2) is 80.4 Å². The van der Waals surface area contributed by atoms with Gasteiger partial charge in [0.1, 0.15) is 10.8 Å². The fraction of sp³-hybridized carbons (Fsp3) is 0.455. The lowest BCUT2D eigenvalue weighted by molar-refractivity contribution is 0.0823. The molecule has 1 fully saturated rings. The minimum Gasteiger partial charge on any atom is -0.495 e. The van der Waals surface area contributed by atoms with Crippen molar-refractivity contribution in [3.63, 3.8) is 0 Å². The molecule has 0 bridgehead atoms. The van der Waals surface area contributed by atoms with Gasteiger partial charge in [-0.3, -0.25) is 9.69 Å². The Bertz CT molecular complexity index is 813. The van der Waals surface area contributed by atoms with Gasteiger partial charge in [0.2, 0.25) is 0 Å². The van der Waals surface area contributed by atoms with Crippen molar-refractivity contribution in [2.45, 2.75) is 11.4 Å². The van der Waals surface area contributed by atoms with Crippen LogP contribution in [0, 0.1) is 0 Å². The molecule has 0 atom stereocenters. The summed E-state index contributed by atoms with van der Waals surface area (Å²) in [5, 5.41) is 0.826. The average molecular weight is 451 g/mol. The standard InChI is InChI=1S/C22H30N4O2S.ClH/c1-24(2)22(27)18-8-6-11-23-21(18)29-17-7-12-25-13-15-26(16-14-25)19-9-4-5-10-20(19)28-3;/h4-6,8-11H,7,12-17H2,1-3H3;1H. The molecule has 0 radical (unpaired) electrons. The normalized spacial score (nSPS) is 14.2. The number of halogens is 1. The van der Waals surface area contributed by atoms with Gasteiger partial charge in [-0.2, -0.15) is 0 Å². The van der Waals surface area contributed by atoms with Crippen LogP contribution < -0.4 is 9.64 Å². The van der Waals surface area contributed by atoms with Crippen LogP contribution in [0.5, 0.6) is 5.75 Å². The number of anilines is 1. The number of carbonyl (C=O) groups is 1. The molecule has 1 aromatic heterocycles. The average Bonchev–Trinajstić information content (AvgIpc) is 2.77. The van der Waals surface area contributed by atoms with Crippen LogP contribution in [0.15, 0.2) is 47.6 Å². The lowest BCUT2D eigenvalue weighted by atomic mass is 10.2. The Morgan fingerprint density at radius 2 is 1.87 bits per heavy atom. The van der Waals surface area contributed by atoms with Crippen LogP contribution in [0.3, 0.4) is 0 Å². The summed E-state index contributed by atoms with van der Waals surface area (Å²) in [7, 11) is 5.27. The maximum atomic E-state index is 12.3. The van der Waals surface area contributed by atoms with Crippen molar-refractivity contribution in [3.8, 4) is 5.75 Å². The number of methoxy groups -OCH3 is 1. The van der Waals surface area contributed by atoms with E-state index >= 15 is 0 Å². The van der Waals surface area contributed by atoms with Crippen molar-refractivity contribution in [3.05, 3.63) is 48.2 Å². The second-order valence-electron chi connectivity index (χ2n) is 7.26. The largest absolute Gasteiger partial charge is 0.495 e. The third-order valence-corrected chi connectivity index (χ3v) is 6.15. The molecule has 2 heterocycles. The van der Waals surface area contributed by atoms with E-state index in [1.54, 1.807) is 44.1 Å². The van der Waals surface area contributed by atoms with Crippen molar-refractivity contribution < 1.29 is 9.53 Å². The van der Waals surface area contributed by atoms with E-state index < -0.39 is 0 Å². The van der Waals surface area contributed by atoms with Crippen LogP contribution in [-0.2, 0) is 0 Å². The lowest BCUT2D eigenvalue weighted by Crippen LogP contribution is -2.46. The van der Waals surface area contributed by atoms with Gasteiger partial charge in [-0.25, -0.2) is 4.98 Å². The summed E-state index contributed by atoms with van der Waals surface area (Å²) < 4.78 is 5.50. The van der Waals surface area contributed by atoms with Crippen LogP contribution in [0.2, 0.25) is 0 Å². The van der Waals surface area contributed by atoms with Crippen molar-refractivity contribution in [1.29, 1.82) is 0 Å². The maximum Gasteiger partial charge on any atom is 0.256 e. The highest BCUT2D eigenvalue weighted by Crippen LogP contribution is 2.28. The van der Waals surface area contributed by atoms with E-state index in [1.165, 1.54) is 5.69 Å². The summed E-state index contributed by atoms with van der Waals surface area (Å²) in [6.07, 6.45) is 2.83. The first kappa shape index (κ1) is 24.3. The molecule has 0 aliphatic carbocycles. The number of hydrogen-bond donors (Lipinski definition) is 0. The molecule has 1 amide bonds. The van der Waals surface area contributed by atoms with Crippen LogP contribution in [0.1, 0.15) is 16.8 Å². The van der Waals surface area contributed by atoms with Crippen LogP contribution >= 0.6 is 24.2 Å². The third kappa shape index (κ3) is 6.27. The Labute approximate surface area is 190 Å². The number of ether oxygens (including phenoxy) is 1. The molecule has 3 rings (SSSR count). The molecule has 0 unspecified atom stereocenters. The molecule has 1 saturated heterocycles. The Balaban J connectivity index is 0.00000320. The predicted octanol–water partition coefficient (Wildman–Crippen LogP) is 3.52. The number of benzene rings is 1. The summed E-state index contributed by atoms with van der Waals surface area (Å²) >= 11 is 1.67. The van der Waals surface area contributed by atoms with Gasteiger partial charge in [0.05, 0.1) is 18.4 Å². The fourth-order valence-corrected chi connectivity index (χ4v) is 4.38. The quantitative estimate of drug-likeness (QED) is 0.453. The number of pyridine rings is 1. The fourth-order valence-electron chi connectivity index (χ4n) is 3.47. The second kappa shape index (κ2) is 12.0. The number of piperazine rings is 1. The summed E-state index contributed by atoms with van der Waals surface area (Å²) in [5.74, 6) is 1.90. The molecule has 1 aliphatic heterocycles. The van der Waals surface area contributed by atoms with Gasteiger partial charge in [-0.1, -0.05) is 12.1 Å². The summed E-state index contributed by atoms with van der Waals surface area (Å²) in [6.45, 7) is 5.19. The van der Waals surface area contributed by atoms with Gasteiger partial charge in [-0.15, -0.1) is 24.2 Å². The molecule has 1 aromatic carbocycles. The number of nitrogens with zero attached hydrogens (tertiary/aromatic N) is 4. The van der Waals surface area contributed by atoms with Crippen LogP contribution in [0.4, 0.5) is 5.69 Å². The third-order valence-electron chi connectivity index (χ3n) is 5.06. The first-order chi connectivity index (χ1) is 14.1. The van der Waals surface area contributed by atoms with Gasteiger partial charge in [-0.05, 0) is 37.2 Å². The van der Waals surface area contributed by atoms with Crippen molar-refractivity contribution in [2.24, 2.45) is 0 Å². The van der Waals surface area contributed by atoms with Gasteiger partial charge in [0.15, 0.2) is 0 Å². The first-order valence-corrected chi connectivity index (χ1v) is 11.0. The lowest BCUT2D eigenvalue weighted by Gasteiger charge is -2.36. The number of carbonyl (C=O) groups excluding carboxylic acids is 1. The Morgan fingerprint density at radius 1 is 1.13 bits per heavy atom. The topological polar surface area (TPSA) is 48.9 Å². The van der Waals surface area contributed by atoms with E-state index in [1.807, 2.05) is 24.3 Å². The molecule has 30 heavy (non-hydrogen) atoms. The molecule has 0 saturated carbocycles. The van der Waals surface area contributed by atoms with Gasteiger partial charge < -0.3 is 14.5 Å². The number of aromatic nitrogens is 1. The number of para-hydroxylation sites is 2. The molecule has 6 nitrogen and oxygen atoms in total. The van der Waals surface area contributed by atoms with Crippen molar-refractivity contribution in [2.75, 3.05) is 64.6 Å². The first-order valence-electron chi connectivity index (χ1n) is 10.00. The minimum atomic E-state index is 0. The summed E-state index contributed by atoms with van der Waals surface area (Å²) in [4.78, 5) is 23.2. The number of thioether (sulfide) groups is 1. The smallest absolute Gasteiger partial charge is 0.256 e. The summed E-state index contributed by atoms with van der Waals surface area (Å²) in [6, 6.07) is 11.9. The molecule has 8 heteroatoms. The minimum absolute atomic E-state index is 0. The van der Waals surface area contributed by atoms with E-state index in [0.717, 1.165) is 55.7 Å². The highest BCUT2D eigenvalue weighted by Gasteiger charge is 2.19. The second-order valence-corrected chi connectivity index (χ2v) is 8.34. The number of amides is 1. The zero-order chi connectivity index (χ0) is 20.6. The zero-order valence-electron chi connectivity index (χ0n) is 17.9. The van der Waals surface area contributed by atoms with E-state index in [-0.39, 0.29) is 18.3 Å². The van der Waals surface area contributed by atoms with E-state index in [0.29, 0.717) is 5.56 Å². The van der Waals surface area contributed by atoms with E-state index in [4.69, 9.17) is 4.74 Å². The maximum absolute atomic E-state index is 12.3. The van der Waals surface area contributed by atoms with E-state index in [2.05, 4.69) is 26.9 Å². The van der Waals surface area contributed by atoms with Gasteiger partial charge in [0, 0.05) is 52.2 Å². The Morgan fingerprint density at radius 3 is 2.57 bits per heavy atom. The summed E-state index contributed by atoms with van der Waals surface area (Å²) in [5.41, 5.74) is 1.87. The molecule has 2 aromatic rings. The SMILES string of the molecule is COc1ccccc1N1CCN(CCCSc2ncccc2C(=O)N(C)C)CC1.Cl. The molecular weight excluding hydrogens is 420 g/mol. The molecular formula is C22H31ClN4O2S. The van der Waals surface area contributed by atoms with Crippen molar-refractivity contribution >= 4 is 35.8 Å². The van der Waals surface area contributed by atoms with Gasteiger partial charge >= 0.3 is 0 Å². The Kier molecular flexibility index (Phi) is 9.75. The zero-order valence-corrected chi connectivity index (χ0v) is 19.5. The molecule has 164 valence electrons. The Hall–Kier alpha value is -1.96. The highest BCUT2D eigenvalue weighted by atomic mass is 35.5.